The summed E-state index contributed by atoms with van der Waals surface area (Å²) in [5, 5.41) is 11.0. The third kappa shape index (κ3) is 0.763. The number of hydrogen-bond donors (Lipinski definition) is 0. The molecule has 1 aromatic carbocycles. The highest BCUT2D eigenvalue weighted by molar-refractivity contribution is 6.05. The minimum Gasteiger partial charge on any atom is -0.255 e. The predicted molar refractivity (Wildman–Crippen MR) is 55.4 cm³/mol. The first-order valence-corrected chi connectivity index (χ1v) is 4.40. The van der Waals surface area contributed by atoms with Crippen LogP contribution in [-0.2, 0) is 0 Å². The lowest BCUT2D eigenvalue weighted by atomic mass is 10.0. The number of hydrogen-bond acceptors (Lipinski definition) is 2. The van der Waals surface area contributed by atoms with Gasteiger partial charge in [0.2, 0.25) is 0 Å². The van der Waals surface area contributed by atoms with Crippen LogP contribution in [0.15, 0.2) is 24.4 Å². The molecule has 0 fully saturated rings. The second-order valence-corrected chi connectivity index (χ2v) is 3.27. The molecule has 0 bridgehead atoms. The van der Waals surface area contributed by atoms with E-state index >= 15 is 0 Å². The second kappa shape index (κ2) is 2.43. The average Bonchev–Trinajstić information content (AvgIpc) is 2.65. The molecule has 0 amide bonds. The Labute approximate surface area is 81.1 Å². The van der Waals surface area contributed by atoms with Crippen molar-refractivity contribution in [3.8, 4) is 6.07 Å². The van der Waals surface area contributed by atoms with Gasteiger partial charge in [0.15, 0.2) is 0 Å². The van der Waals surface area contributed by atoms with Crippen LogP contribution in [0, 0.1) is 11.3 Å². The Morgan fingerprint density at radius 3 is 3.00 bits per heavy atom. The number of aromatic nitrogens is 1. The fourth-order valence-corrected chi connectivity index (χ4v) is 1.87. The Balaban J connectivity index is 2.59. The highest BCUT2D eigenvalue weighted by Crippen LogP contribution is 2.30. The summed E-state index contributed by atoms with van der Waals surface area (Å²) in [4.78, 5) is 4.24. The highest BCUT2D eigenvalue weighted by Gasteiger charge is 2.11. The lowest BCUT2D eigenvalue weighted by molar-refractivity contribution is 1.32. The molecule has 2 aromatic rings. The van der Waals surface area contributed by atoms with Gasteiger partial charge in [-0.25, -0.2) is 0 Å². The summed E-state index contributed by atoms with van der Waals surface area (Å²) in [5.74, 6) is 0. The Bertz CT molecular complexity index is 591. The van der Waals surface area contributed by atoms with Crippen LogP contribution >= 0.6 is 0 Å². The third-order valence-corrected chi connectivity index (χ3v) is 2.52. The number of nitrogens with zero attached hydrogens (tertiary/aromatic N) is 2. The van der Waals surface area contributed by atoms with Gasteiger partial charge in [0.05, 0.1) is 11.3 Å². The molecule has 0 unspecified atom stereocenters. The van der Waals surface area contributed by atoms with E-state index in [-0.39, 0.29) is 0 Å². The maximum atomic E-state index is 8.93. The zero-order valence-electron chi connectivity index (χ0n) is 7.36. The van der Waals surface area contributed by atoms with E-state index in [9.17, 15) is 0 Å². The van der Waals surface area contributed by atoms with Gasteiger partial charge >= 0.3 is 0 Å². The molecule has 0 N–H and O–H groups in total. The van der Waals surface area contributed by atoms with Crippen molar-refractivity contribution in [2.75, 3.05) is 0 Å². The molecule has 1 aromatic heterocycles. The van der Waals surface area contributed by atoms with Crippen molar-refractivity contribution in [2.45, 2.75) is 0 Å². The van der Waals surface area contributed by atoms with Gasteiger partial charge < -0.3 is 0 Å². The summed E-state index contributed by atoms with van der Waals surface area (Å²) in [6, 6.07) is 8.14. The minimum absolute atomic E-state index is 0.648. The van der Waals surface area contributed by atoms with Crippen LogP contribution in [0.2, 0.25) is 0 Å². The van der Waals surface area contributed by atoms with E-state index in [1.807, 2.05) is 30.4 Å². The van der Waals surface area contributed by atoms with Crippen molar-refractivity contribution in [3.05, 3.63) is 41.2 Å². The van der Waals surface area contributed by atoms with E-state index in [0.29, 0.717) is 5.56 Å². The molecule has 14 heavy (non-hydrogen) atoms. The average molecular weight is 178 g/mol. The summed E-state index contributed by atoms with van der Waals surface area (Å²) in [5.41, 5.74) is 2.77. The maximum absolute atomic E-state index is 8.93. The standard InChI is InChI=1S/C12H6N2/c13-6-9-7-14-11-5-4-8-2-1-3-10(9)12(8)11/h1-5,7H. The first kappa shape index (κ1) is 7.28. The van der Waals surface area contributed by atoms with Crippen molar-refractivity contribution >= 4 is 22.9 Å². The Morgan fingerprint density at radius 2 is 2.14 bits per heavy atom. The lowest BCUT2D eigenvalue weighted by Gasteiger charge is -2.01. The molecular weight excluding hydrogens is 172 g/mol. The summed E-state index contributed by atoms with van der Waals surface area (Å²) in [6.45, 7) is 0. The number of benzene rings is 1. The number of rotatable bonds is 0. The summed E-state index contributed by atoms with van der Waals surface area (Å²) in [7, 11) is 0. The SMILES string of the molecule is N#Cc1cnc2c3c(cccc13)C=C2. The van der Waals surface area contributed by atoms with Crippen LogP contribution in [0.3, 0.4) is 0 Å². The van der Waals surface area contributed by atoms with Crippen LogP contribution in [0.25, 0.3) is 22.9 Å². The van der Waals surface area contributed by atoms with Crippen molar-refractivity contribution in [3.63, 3.8) is 0 Å². The molecule has 1 aliphatic carbocycles. The first-order valence-electron chi connectivity index (χ1n) is 4.40. The van der Waals surface area contributed by atoms with Crippen LogP contribution in [0.4, 0.5) is 0 Å². The molecule has 0 spiro atoms. The summed E-state index contributed by atoms with van der Waals surface area (Å²) >= 11 is 0. The Morgan fingerprint density at radius 1 is 1.21 bits per heavy atom. The Hall–Kier alpha value is -2.14. The maximum Gasteiger partial charge on any atom is 0.101 e. The number of pyridine rings is 1. The monoisotopic (exact) mass is 178 g/mol. The van der Waals surface area contributed by atoms with Gasteiger partial charge in [-0.15, -0.1) is 0 Å². The van der Waals surface area contributed by atoms with E-state index < -0.39 is 0 Å². The van der Waals surface area contributed by atoms with Crippen LogP contribution in [-0.4, -0.2) is 4.98 Å². The van der Waals surface area contributed by atoms with Gasteiger partial charge in [0, 0.05) is 17.0 Å². The van der Waals surface area contributed by atoms with Crippen LogP contribution in [0.1, 0.15) is 16.8 Å². The van der Waals surface area contributed by atoms with Crippen molar-refractivity contribution in [1.29, 1.82) is 5.26 Å². The quantitative estimate of drug-likeness (QED) is 0.530. The first-order chi connectivity index (χ1) is 6.90. The Kier molecular flexibility index (Phi) is 1.26. The normalized spacial score (nSPS) is 11.9. The zero-order chi connectivity index (χ0) is 9.54. The number of nitriles is 1. The van der Waals surface area contributed by atoms with Crippen LogP contribution in [0.5, 0.6) is 0 Å². The molecule has 1 aliphatic rings. The molecule has 2 nitrogen and oxygen atoms in total. The lowest BCUT2D eigenvalue weighted by Crippen LogP contribution is -1.86. The molecule has 1 heterocycles. The largest absolute Gasteiger partial charge is 0.255 e. The summed E-state index contributed by atoms with van der Waals surface area (Å²) in [6.07, 6.45) is 5.65. The topological polar surface area (TPSA) is 36.7 Å². The fourth-order valence-electron chi connectivity index (χ4n) is 1.87. The molecule has 3 rings (SSSR count). The molecular formula is C12H6N2. The summed E-state index contributed by atoms with van der Waals surface area (Å²) < 4.78 is 0. The molecule has 0 aliphatic heterocycles. The predicted octanol–water partition coefficient (Wildman–Crippen LogP) is 2.59. The molecule has 0 radical (unpaired) electrons. The second-order valence-electron chi connectivity index (χ2n) is 3.27. The minimum atomic E-state index is 0.648. The van der Waals surface area contributed by atoms with Gasteiger partial charge in [-0.1, -0.05) is 24.3 Å². The molecule has 0 atom stereocenters. The van der Waals surface area contributed by atoms with E-state index in [2.05, 4.69) is 11.1 Å². The zero-order valence-corrected chi connectivity index (χ0v) is 7.36. The van der Waals surface area contributed by atoms with Crippen molar-refractivity contribution in [2.24, 2.45) is 0 Å². The van der Waals surface area contributed by atoms with E-state index in [4.69, 9.17) is 5.26 Å². The molecule has 0 saturated carbocycles. The molecule has 2 heteroatoms. The van der Waals surface area contributed by atoms with E-state index in [0.717, 1.165) is 22.0 Å². The van der Waals surface area contributed by atoms with Gasteiger partial charge in [0.25, 0.3) is 0 Å². The van der Waals surface area contributed by atoms with Gasteiger partial charge in [-0.2, -0.15) is 5.26 Å². The van der Waals surface area contributed by atoms with Gasteiger partial charge in [0.1, 0.15) is 6.07 Å². The van der Waals surface area contributed by atoms with Gasteiger partial charge in [-0.05, 0) is 11.6 Å². The van der Waals surface area contributed by atoms with Crippen LogP contribution < -0.4 is 0 Å². The van der Waals surface area contributed by atoms with Crippen molar-refractivity contribution in [1.82, 2.24) is 4.98 Å². The van der Waals surface area contributed by atoms with E-state index in [1.165, 1.54) is 0 Å². The molecule has 64 valence electrons. The fraction of sp³-hybridized carbons (Fsp3) is 0. The van der Waals surface area contributed by atoms with Gasteiger partial charge in [-0.3, -0.25) is 4.98 Å². The van der Waals surface area contributed by atoms with E-state index in [1.54, 1.807) is 6.20 Å². The molecule has 0 saturated heterocycles. The third-order valence-electron chi connectivity index (χ3n) is 2.52. The van der Waals surface area contributed by atoms with Crippen molar-refractivity contribution < 1.29 is 0 Å². The smallest absolute Gasteiger partial charge is 0.101 e. The highest BCUT2D eigenvalue weighted by atomic mass is 14.7.